The molecule has 0 saturated heterocycles. The van der Waals surface area contributed by atoms with Crippen molar-refractivity contribution in [2.24, 2.45) is 5.92 Å². The van der Waals surface area contributed by atoms with Crippen LogP contribution in [-0.2, 0) is 14.3 Å². The van der Waals surface area contributed by atoms with E-state index in [-0.39, 0.29) is 0 Å². The van der Waals surface area contributed by atoms with Gasteiger partial charge in [-0.05, 0) is 12.3 Å². The zero-order valence-corrected chi connectivity index (χ0v) is 8.15. The van der Waals surface area contributed by atoms with Gasteiger partial charge < -0.3 is 0 Å². The molecule has 0 heterocycles. The highest BCUT2D eigenvalue weighted by Crippen LogP contribution is 2.06. The topological polar surface area (TPSA) is 43.4 Å². The molecule has 0 aromatic carbocycles. The van der Waals surface area contributed by atoms with Crippen LogP contribution in [0.15, 0.2) is 0 Å². The Morgan fingerprint density at radius 1 is 1.45 bits per heavy atom. The van der Waals surface area contributed by atoms with E-state index in [1.165, 1.54) is 0 Å². The Morgan fingerprint density at radius 3 is 2.36 bits per heavy atom. The fourth-order valence-electron chi connectivity index (χ4n) is 0.605. The summed E-state index contributed by atoms with van der Waals surface area (Å²) in [5.41, 5.74) is 0. The Labute approximate surface area is 68.9 Å². The summed E-state index contributed by atoms with van der Waals surface area (Å²) in [7, 11) is -3.23. The second-order valence-corrected chi connectivity index (χ2v) is 4.47. The normalized spacial score (nSPS) is 14.8. The van der Waals surface area contributed by atoms with Gasteiger partial charge in [0.05, 0.1) is 12.9 Å². The van der Waals surface area contributed by atoms with Crippen LogP contribution >= 0.6 is 0 Å². The Kier molecular flexibility index (Phi) is 4.68. The van der Waals surface area contributed by atoms with Gasteiger partial charge in [-0.15, -0.1) is 0 Å². The van der Waals surface area contributed by atoms with Crippen molar-refractivity contribution in [1.29, 1.82) is 0 Å². The van der Waals surface area contributed by atoms with Crippen LogP contribution in [0.25, 0.3) is 0 Å². The van der Waals surface area contributed by atoms with E-state index in [9.17, 15) is 8.42 Å². The van der Waals surface area contributed by atoms with Gasteiger partial charge in [-0.2, -0.15) is 8.42 Å². The summed E-state index contributed by atoms with van der Waals surface area (Å²) in [6, 6.07) is 0. The van der Waals surface area contributed by atoms with Crippen LogP contribution in [0.4, 0.5) is 0 Å². The zero-order chi connectivity index (χ0) is 8.91. The molecule has 0 amide bonds. The van der Waals surface area contributed by atoms with E-state index >= 15 is 0 Å². The van der Waals surface area contributed by atoms with Crippen LogP contribution in [0.3, 0.4) is 0 Å². The first kappa shape index (κ1) is 10.9. The Morgan fingerprint density at radius 2 is 2.00 bits per heavy atom. The smallest absolute Gasteiger partial charge is 0.264 e. The monoisotopic (exact) mass is 180 g/mol. The van der Waals surface area contributed by atoms with Gasteiger partial charge >= 0.3 is 0 Å². The fourth-order valence-corrected chi connectivity index (χ4v) is 1.00. The first-order chi connectivity index (χ1) is 4.95. The third-order valence-corrected chi connectivity index (χ3v) is 2.20. The van der Waals surface area contributed by atoms with Crippen molar-refractivity contribution in [3.05, 3.63) is 0 Å². The minimum absolute atomic E-state index is 0.313. The maximum Gasteiger partial charge on any atom is 0.264 e. The van der Waals surface area contributed by atoms with Gasteiger partial charge in [0.25, 0.3) is 10.1 Å². The van der Waals surface area contributed by atoms with Crippen molar-refractivity contribution in [2.75, 3.05) is 12.9 Å². The molecule has 1 atom stereocenters. The molecule has 11 heavy (non-hydrogen) atoms. The second-order valence-electron chi connectivity index (χ2n) is 2.83. The molecule has 0 aromatic rings. The molecule has 68 valence electrons. The molecule has 0 radical (unpaired) electrons. The molecule has 0 spiro atoms. The molecule has 0 unspecified atom stereocenters. The molecule has 0 aliphatic rings. The molecule has 0 aliphatic carbocycles. The average molecular weight is 180 g/mol. The quantitative estimate of drug-likeness (QED) is 0.601. The molecule has 0 fully saturated rings. The minimum atomic E-state index is -3.23. The van der Waals surface area contributed by atoms with Gasteiger partial charge in [-0.25, -0.2) is 0 Å². The molecule has 0 rings (SSSR count). The van der Waals surface area contributed by atoms with Crippen LogP contribution in [0, 0.1) is 5.92 Å². The Balaban J connectivity index is 3.43. The average Bonchev–Trinajstić information content (AvgIpc) is 1.85. The van der Waals surface area contributed by atoms with Gasteiger partial charge in [0, 0.05) is 0 Å². The van der Waals surface area contributed by atoms with E-state index in [0.29, 0.717) is 12.5 Å². The van der Waals surface area contributed by atoms with Crippen molar-refractivity contribution in [2.45, 2.75) is 26.7 Å². The van der Waals surface area contributed by atoms with Gasteiger partial charge in [-0.1, -0.05) is 20.3 Å². The summed E-state index contributed by atoms with van der Waals surface area (Å²) in [5, 5.41) is 0. The van der Waals surface area contributed by atoms with Gasteiger partial charge in [0.15, 0.2) is 0 Å². The van der Waals surface area contributed by atoms with E-state index in [0.717, 1.165) is 19.1 Å². The summed E-state index contributed by atoms with van der Waals surface area (Å²) in [4.78, 5) is 0. The first-order valence-electron chi connectivity index (χ1n) is 3.80. The van der Waals surface area contributed by atoms with Crippen molar-refractivity contribution in [1.82, 2.24) is 0 Å². The van der Waals surface area contributed by atoms with Crippen LogP contribution in [0.2, 0.25) is 0 Å². The molecule has 0 N–H and O–H groups in total. The lowest BCUT2D eigenvalue weighted by atomic mass is 10.1. The van der Waals surface area contributed by atoms with Crippen LogP contribution in [0.1, 0.15) is 26.7 Å². The molecule has 3 nitrogen and oxygen atoms in total. The molecular weight excluding hydrogens is 164 g/mol. The van der Waals surface area contributed by atoms with Crippen molar-refractivity contribution in [3.63, 3.8) is 0 Å². The highest BCUT2D eigenvalue weighted by molar-refractivity contribution is 7.85. The molecular formula is C7H16O3S. The van der Waals surface area contributed by atoms with E-state index < -0.39 is 10.1 Å². The van der Waals surface area contributed by atoms with Crippen molar-refractivity contribution < 1.29 is 12.6 Å². The van der Waals surface area contributed by atoms with E-state index in [1.54, 1.807) is 0 Å². The Hall–Kier alpha value is -0.0900. The second kappa shape index (κ2) is 4.72. The van der Waals surface area contributed by atoms with E-state index in [1.807, 2.05) is 0 Å². The van der Waals surface area contributed by atoms with Crippen LogP contribution in [-0.4, -0.2) is 21.3 Å². The van der Waals surface area contributed by atoms with Crippen LogP contribution < -0.4 is 0 Å². The summed E-state index contributed by atoms with van der Waals surface area (Å²) in [6.07, 6.45) is 2.94. The Bertz CT molecular complexity index is 184. The zero-order valence-electron chi connectivity index (χ0n) is 7.33. The lowest BCUT2D eigenvalue weighted by molar-refractivity contribution is 0.288. The fraction of sp³-hybridized carbons (Fsp3) is 1.00. The lowest BCUT2D eigenvalue weighted by Crippen LogP contribution is -2.06. The van der Waals surface area contributed by atoms with Gasteiger partial charge in [0.1, 0.15) is 0 Å². The minimum Gasteiger partial charge on any atom is -0.270 e. The highest BCUT2D eigenvalue weighted by Gasteiger charge is 2.03. The van der Waals surface area contributed by atoms with Crippen molar-refractivity contribution in [3.8, 4) is 0 Å². The summed E-state index contributed by atoms with van der Waals surface area (Å²) >= 11 is 0. The van der Waals surface area contributed by atoms with E-state index in [2.05, 4.69) is 18.0 Å². The standard InChI is InChI=1S/C7H16O3S/c1-4-7(2)5-6-10-11(3,8)9/h7H,4-6H2,1-3H3/t7-/m0/s1. The number of rotatable bonds is 5. The highest BCUT2D eigenvalue weighted by atomic mass is 32.2. The molecule has 0 aliphatic heterocycles. The largest absolute Gasteiger partial charge is 0.270 e. The maximum atomic E-state index is 10.5. The molecule has 4 heteroatoms. The van der Waals surface area contributed by atoms with Crippen LogP contribution in [0.5, 0.6) is 0 Å². The van der Waals surface area contributed by atoms with Gasteiger partial charge in [0.2, 0.25) is 0 Å². The number of hydrogen-bond acceptors (Lipinski definition) is 3. The SMILES string of the molecule is CC[C@H](C)CCOS(C)(=O)=O. The summed E-state index contributed by atoms with van der Waals surface area (Å²) < 4.78 is 25.5. The lowest BCUT2D eigenvalue weighted by Gasteiger charge is -2.06. The predicted octanol–water partition coefficient (Wildman–Crippen LogP) is 1.40. The van der Waals surface area contributed by atoms with E-state index in [4.69, 9.17) is 0 Å². The van der Waals surface area contributed by atoms with Crippen molar-refractivity contribution >= 4 is 10.1 Å². The first-order valence-corrected chi connectivity index (χ1v) is 5.61. The third-order valence-electron chi connectivity index (χ3n) is 1.60. The molecule has 0 bridgehead atoms. The van der Waals surface area contributed by atoms with Gasteiger partial charge in [-0.3, -0.25) is 4.18 Å². The number of hydrogen-bond donors (Lipinski definition) is 0. The summed E-state index contributed by atoms with van der Waals surface area (Å²) in [5.74, 6) is 0.539. The molecule has 0 saturated carbocycles. The third kappa shape index (κ3) is 7.81. The maximum absolute atomic E-state index is 10.5. The molecule has 0 aromatic heterocycles. The predicted molar refractivity (Wildman–Crippen MR) is 44.9 cm³/mol. The summed E-state index contributed by atoms with van der Waals surface area (Å²) in [6.45, 7) is 4.46.